The molecule has 33 heavy (non-hydrogen) atoms. The van der Waals surface area contributed by atoms with Crippen LogP contribution in [0.3, 0.4) is 0 Å². The molecule has 3 aromatic rings. The highest BCUT2D eigenvalue weighted by Crippen LogP contribution is 2.43. The van der Waals surface area contributed by atoms with Crippen LogP contribution in [0.4, 0.5) is 27.3 Å². The van der Waals surface area contributed by atoms with Crippen molar-refractivity contribution in [3.05, 3.63) is 35.7 Å². The van der Waals surface area contributed by atoms with Crippen molar-refractivity contribution in [1.82, 2.24) is 30.5 Å². The van der Waals surface area contributed by atoms with Gasteiger partial charge in [0, 0.05) is 36.8 Å². The Bertz CT molecular complexity index is 1380. The average Bonchev–Trinajstić information content (AvgIpc) is 3.42. The van der Waals surface area contributed by atoms with Crippen molar-refractivity contribution >= 4 is 34.7 Å². The number of aryl methyl sites for hydroxylation is 1. The standard InChI is InChI=1S/C21H22FN9O2/c1-23-21(33)18-14(8-16(26-27-18)25-20(32)11-7-12(11)22)24-13-6-4-5-10-17-15(31(3)29-28-17)9-30(2)19(10)13/h4-6,8,11-12H,7,9H2,1-3H3,(H,23,33)(H2,24,25,26,32)/t11-,12-/m0/s1/i1D3. The Balaban J connectivity index is 1.53. The Kier molecular flexibility index (Phi) is 4.13. The fourth-order valence-corrected chi connectivity index (χ4v) is 3.89. The summed E-state index contributed by atoms with van der Waals surface area (Å²) in [5.74, 6) is -2.29. The second-order valence-electron chi connectivity index (χ2n) is 7.98. The molecule has 1 saturated carbocycles. The minimum absolute atomic E-state index is 0.0126. The third-order valence-corrected chi connectivity index (χ3v) is 5.70. The molecule has 170 valence electrons. The van der Waals surface area contributed by atoms with E-state index < -0.39 is 30.9 Å². The van der Waals surface area contributed by atoms with E-state index in [1.54, 1.807) is 16.8 Å². The zero-order valence-corrected chi connectivity index (χ0v) is 17.8. The number of hydrogen-bond donors (Lipinski definition) is 3. The minimum atomic E-state index is -2.75. The molecular weight excluding hydrogens is 429 g/mol. The number of alkyl halides is 1. The average molecular weight is 454 g/mol. The second kappa shape index (κ2) is 7.80. The Morgan fingerprint density at radius 1 is 1.21 bits per heavy atom. The number of fused-ring (bicyclic) bond motifs is 3. The summed E-state index contributed by atoms with van der Waals surface area (Å²) in [5.41, 5.74) is 3.61. The van der Waals surface area contributed by atoms with E-state index in [0.717, 1.165) is 22.6 Å². The van der Waals surface area contributed by atoms with E-state index >= 15 is 0 Å². The molecule has 5 rings (SSSR count). The van der Waals surface area contributed by atoms with Crippen LogP contribution >= 0.6 is 0 Å². The number of carbonyl (C=O) groups is 2. The lowest BCUT2D eigenvalue weighted by Gasteiger charge is -2.29. The van der Waals surface area contributed by atoms with E-state index in [-0.39, 0.29) is 23.6 Å². The van der Waals surface area contributed by atoms with E-state index in [4.69, 9.17) is 4.11 Å². The molecule has 0 saturated heterocycles. The maximum absolute atomic E-state index is 13.3. The zero-order chi connectivity index (χ0) is 25.8. The molecule has 0 spiro atoms. The van der Waals surface area contributed by atoms with Crippen LogP contribution in [0.5, 0.6) is 0 Å². The Labute approximate surface area is 192 Å². The van der Waals surface area contributed by atoms with E-state index in [9.17, 15) is 14.0 Å². The monoisotopic (exact) mass is 454 g/mol. The molecule has 2 amide bonds. The van der Waals surface area contributed by atoms with Crippen LogP contribution in [0.1, 0.15) is 26.7 Å². The van der Waals surface area contributed by atoms with Crippen molar-refractivity contribution in [2.45, 2.75) is 19.1 Å². The number of para-hydroxylation sites is 1. The molecule has 1 aliphatic heterocycles. The fourth-order valence-electron chi connectivity index (χ4n) is 3.89. The van der Waals surface area contributed by atoms with Crippen LogP contribution in [0, 0.1) is 5.92 Å². The first-order valence-electron chi connectivity index (χ1n) is 11.7. The number of nitrogens with zero attached hydrogens (tertiary/aromatic N) is 6. The second-order valence-corrected chi connectivity index (χ2v) is 7.98. The van der Waals surface area contributed by atoms with Gasteiger partial charge in [0.25, 0.3) is 5.91 Å². The SMILES string of the molecule is [2H]C([2H])([2H])NC(=O)c1nnc(NC(=O)[C@H]2C[C@@H]2F)cc1Nc1cccc2c1N(C)Cc1c-2nnn1C. The summed E-state index contributed by atoms with van der Waals surface area (Å²) >= 11 is 0. The number of benzene rings is 1. The van der Waals surface area contributed by atoms with E-state index in [0.29, 0.717) is 12.2 Å². The molecule has 0 radical (unpaired) electrons. The van der Waals surface area contributed by atoms with Gasteiger partial charge in [0.15, 0.2) is 11.5 Å². The minimum Gasteiger partial charge on any atom is -0.366 e. The van der Waals surface area contributed by atoms with Crippen molar-refractivity contribution in [3.63, 3.8) is 0 Å². The normalized spacial score (nSPS) is 20.0. The molecule has 3 N–H and O–H groups in total. The first-order valence-corrected chi connectivity index (χ1v) is 10.2. The molecule has 2 aliphatic rings. The van der Waals surface area contributed by atoms with Gasteiger partial charge < -0.3 is 20.9 Å². The number of nitrogens with one attached hydrogen (secondary N) is 3. The van der Waals surface area contributed by atoms with Crippen LogP contribution in [-0.4, -0.2) is 57.2 Å². The van der Waals surface area contributed by atoms with E-state index in [1.165, 1.54) is 6.07 Å². The van der Waals surface area contributed by atoms with Gasteiger partial charge in [-0.1, -0.05) is 17.3 Å². The van der Waals surface area contributed by atoms with Crippen molar-refractivity contribution in [2.24, 2.45) is 13.0 Å². The van der Waals surface area contributed by atoms with Gasteiger partial charge in [0.1, 0.15) is 11.9 Å². The highest BCUT2D eigenvalue weighted by Gasteiger charge is 2.43. The van der Waals surface area contributed by atoms with Crippen LogP contribution in [0.25, 0.3) is 11.3 Å². The number of anilines is 4. The maximum atomic E-state index is 13.3. The first kappa shape index (κ1) is 17.5. The van der Waals surface area contributed by atoms with Gasteiger partial charge in [-0.05, 0) is 12.5 Å². The van der Waals surface area contributed by atoms with E-state index in [2.05, 4.69) is 31.1 Å². The fraction of sp³-hybridized carbons (Fsp3) is 0.333. The number of hydrogen-bond acceptors (Lipinski definition) is 8. The summed E-state index contributed by atoms with van der Waals surface area (Å²) in [6.45, 7) is -2.22. The number of amides is 2. The summed E-state index contributed by atoms with van der Waals surface area (Å²) in [5, 5.41) is 23.6. The smallest absolute Gasteiger partial charge is 0.273 e. The summed E-state index contributed by atoms with van der Waals surface area (Å²) in [7, 11) is 3.70. The molecule has 0 unspecified atom stereocenters. The lowest BCUT2D eigenvalue weighted by molar-refractivity contribution is -0.117. The van der Waals surface area contributed by atoms with Crippen molar-refractivity contribution in [3.8, 4) is 11.3 Å². The molecule has 1 fully saturated rings. The van der Waals surface area contributed by atoms with Gasteiger partial charge in [0.05, 0.1) is 35.2 Å². The zero-order valence-electron chi connectivity index (χ0n) is 20.8. The Hall–Kier alpha value is -4.09. The predicted molar refractivity (Wildman–Crippen MR) is 119 cm³/mol. The van der Waals surface area contributed by atoms with Crippen LogP contribution in [-0.2, 0) is 18.4 Å². The summed E-state index contributed by atoms with van der Waals surface area (Å²) < 4.78 is 37.1. The quantitative estimate of drug-likeness (QED) is 0.530. The molecule has 0 bridgehead atoms. The lowest BCUT2D eigenvalue weighted by Crippen LogP contribution is -2.25. The van der Waals surface area contributed by atoms with Crippen LogP contribution in [0.2, 0.25) is 0 Å². The van der Waals surface area contributed by atoms with Gasteiger partial charge >= 0.3 is 0 Å². The van der Waals surface area contributed by atoms with Gasteiger partial charge in [-0.15, -0.1) is 15.3 Å². The molecular formula is C21H22FN9O2. The highest BCUT2D eigenvalue weighted by molar-refractivity contribution is 6.01. The van der Waals surface area contributed by atoms with Crippen molar-refractivity contribution in [1.29, 1.82) is 0 Å². The summed E-state index contributed by atoms with van der Waals surface area (Å²) in [6.07, 6.45) is -1.06. The third-order valence-electron chi connectivity index (χ3n) is 5.70. The van der Waals surface area contributed by atoms with Gasteiger partial charge in [-0.25, -0.2) is 9.07 Å². The summed E-state index contributed by atoms with van der Waals surface area (Å²) in [6, 6.07) is 6.82. The number of carbonyl (C=O) groups excluding carboxylic acids is 2. The molecule has 3 heterocycles. The lowest BCUT2D eigenvalue weighted by atomic mass is 10.0. The Morgan fingerprint density at radius 2 is 2.03 bits per heavy atom. The summed E-state index contributed by atoms with van der Waals surface area (Å²) in [4.78, 5) is 26.9. The van der Waals surface area contributed by atoms with Crippen molar-refractivity contribution < 1.29 is 18.1 Å². The van der Waals surface area contributed by atoms with Crippen LogP contribution < -0.4 is 20.9 Å². The molecule has 2 atom stereocenters. The highest BCUT2D eigenvalue weighted by atomic mass is 19.1. The molecule has 12 heteroatoms. The maximum Gasteiger partial charge on any atom is 0.273 e. The van der Waals surface area contributed by atoms with Crippen molar-refractivity contribution in [2.75, 3.05) is 29.6 Å². The largest absolute Gasteiger partial charge is 0.366 e. The third kappa shape index (κ3) is 3.62. The molecule has 11 nitrogen and oxygen atoms in total. The topological polar surface area (TPSA) is 130 Å². The molecule has 1 aromatic carbocycles. The van der Waals surface area contributed by atoms with Gasteiger partial charge in [-0.2, -0.15) is 0 Å². The predicted octanol–water partition coefficient (Wildman–Crippen LogP) is 1.62. The molecule has 1 aliphatic carbocycles. The number of aromatic nitrogens is 5. The Morgan fingerprint density at radius 3 is 2.79 bits per heavy atom. The molecule has 2 aromatic heterocycles. The first-order chi connectivity index (χ1) is 17.0. The van der Waals surface area contributed by atoms with Crippen LogP contribution in [0.15, 0.2) is 24.3 Å². The van der Waals surface area contributed by atoms with Gasteiger partial charge in [-0.3, -0.25) is 9.59 Å². The van der Waals surface area contributed by atoms with E-state index in [1.807, 2.05) is 30.4 Å². The number of halogens is 1. The van der Waals surface area contributed by atoms with Gasteiger partial charge in [0.2, 0.25) is 5.91 Å². The number of rotatable bonds is 5.